The Morgan fingerprint density at radius 2 is 1.70 bits per heavy atom. The summed E-state index contributed by atoms with van der Waals surface area (Å²) in [5.41, 5.74) is 2.56. The van der Waals surface area contributed by atoms with Crippen LogP contribution in [0.25, 0.3) is 0 Å². The van der Waals surface area contributed by atoms with Crippen molar-refractivity contribution in [1.82, 2.24) is 9.80 Å². The second kappa shape index (κ2) is 10.4. The third-order valence-corrected chi connectivity index (χ3v) is 7.64. The molecular weight excluding hydrogens is 541 g/mol. The van der Waals surface area contributed by atoms with Crippen LogP contribution in [0.2, 0.25) is 0 Å². The van der Waals surface area contributed by atoms with Crippen LogP contribution in [0.4, 0.5) is 10.1 Å². The van der Waals surface area contributed by atoms with Crippen LogP contribution in [0.1, 0.15) is 36.6 Å². The molecule has 37 heavy (non-hydrogen) atoms. The van der Waals surface area contributed by atoms with E-state index in [1.165, 1.54) is 12.1 Å². The Bertz CT molecular complexity index is 1350. The summed E-state index contributed by atoms with van der Waals surface area (Å²) in [4.78, 5) is 42.4. The molecule has 5 rings (SSSR count). The normalized spacial score (nSPS) is 18.9. The number of rotatable bonds is 4. The fourth-order valence-corrected chi connectivity index (χ4v) is 5.23. The quantitative estimate of drug-likeness (QED) is 0.504. The van der Waals surface area contributed by atoms with E-state index in [1.807, 2.05) is 6.07 Å². The number of fused-ring (bicyclic) bond motifs is 1. The van der Waals surface area contributed by atoms with Gasteiger partial charge in [-0.1, -0.05) is 34.1 Å². The zero-order valence-corrected chi connectivity index (χ0v) is 21.7. The number of halogens is 2. The smallest absolute Gasteiger partial charge is 0.255 e. The van der Waals surface area contributed by atoms with Gasteiger partial charge in [-0.15, -0.1) is 0 Å². The molecular formula is C28H25BrFN3O4. The Morgan fingerprint density at radius 3 is 2.43 bits per heavy atom. The fourth-order valence-electron chi connectivity index (χ4n) is 4.80. The summed E-state index contributed by atoms with van der Waals surface area (Å²) in [6, 6.07) is 17.9. The molecule has 0 unspecified atom stereocenters. The molecule has 2 fully saturated rings. The average molecular weight is 566 g/mol. The van der Waals surface area contributed by atoms with Gasteiger partial charge in [-0.25, -0.2) is 4.39 Å². The van der Waals surface area contributed by atoms with Crippen LogP contribution in [-0.2, 0) is 4.74 Å². The van der Waals surface area contributed by atoms with Gasteiger partial charge >= 0.3 is 0 Å². The van der Waals surface area contributed by atoms with Gasteiger partial charge in [0.05, 0.1) is 18.8 Å². The van der Waals surface area contributed by atoms with Crippen molar-refractivity contribution in [2.45, 2.75) is 19.1 Å². The van der Waals surface area contributed by atoms with Crippen molar-refractivity contribution in [2.24, 2.45) is 0 Å². The number of hydrogen-bond acceptors (Lipinski definition) is 4. The molecule has 1 N–H and O–H groups in total. The topological polar surface area (TPSA) is 79.0 Å². The number of benzene rings is 3. The summed E-state index contributed by atoms with van der Waals surface area (Å²) in [7, 11) is 0. The number of anilines is 1. The molecule has 0 aromatic heterocycles. The standard InChI is InChI=1S/C28H25BrFN3O4/c1-17-22(13-20(30)14-23(17)29)28(36)33-11-12-37-25-16-32(15-24(25)33)27(35)19-7-9-21(10-8-19)31-26(34)18-5-3-2-4-6-18/h2-10,13-14,24-25H,11-12,15-16H2,1H3,(H,31,34)/t24-,25+/m0/s1. The van der Waals surface area contributed by atoms with Crippen molar-refractivity contribution in [3.8, 4) is 0 Å². The number of ether oxygens (including phenoxy) is 1. The highest BCUT2D eigenvalue weighted by Gasteiger charge is 2.44. The van der Waals surface area contributed by atoms with Crippen molar-refractivity contribution >= 4 is 39.3 Å². The molecule has 190 valence electrons. The molecule has 0 saturated carbocycles. The summed E-state index contributed by atoms with van der Waals surface area (Å²) < 4.78 is 20.5. The Hall–Kier alpha value is -3.56. The van der Waals surface area contributed by atoms with Gasteiger partial charge in [0.25, 0.3) is 17.7 Å². The fraction of sp³-hybridized carbons (Fsp3) is 0.250. The van der Waals surface area contributed by atoms with Crippen LogP contribution < -0.4 is 5.32 Å². The number of amides is 3. The molecule has 2 heterocycles. The lowest BCUT2D eigenvalue weighted by molar-refractivity contribution is -0.0369. The van der Waals surface area contributed by atoms with E-state index in [9.17, 15) is 18.8 Å². The van der Waals surface area contributed by atoms with Crippen LogP contribution in [0, 0.1) is 12.7 Å². The third kappa shape index (κ3) is 5.14. The number of nitrogens with one attached hydrogen (secondary N) is 1. The molecule has 2 aliphatic rings. The average Bonchev–Trinajstić information content (AvgIpc) is 3.35. The molecule has 0 spiro atoms. The number of carbonyl (C=O) groups is 3. The number of likely N-dealkylation sites (tertiary alicyclic amines) is 1. The highest BCUT2D eigenvalue weighted by molar-refractivity contribution is 9.10. The van der Waals surface area contributed by atoms with E-state index in [2.05, 4.69) is 21.2 Å². The number of nitrogens with zero attached hydrogens (tertiary/aromatic N) is 2. The van der Waals surface area contributed by atoms with E-state index in [4.69, 9.17) is 4.74 Å². The minimum atomic E-state index is -0.489. The summed E-state index contributed by atoms with van der Waals surface area (Å²) in [5, 5.41) is 2.82. The van der Waals surface area contributed by atoms with E-state index in [0.29, 0.717) is 58.7 Å². The molecule has 3 aromatic carbocycles. The van der Waals surface area contributed by atoms with Crippen molar-refractivity contribution in [2.75, 3.05) is 31.6 Å². The molecule has 7 nitrogen and oxygen atoms in total. The first-order chi connectivity index (χ1) is 17.8. The third-order valence-electron chi connectivity index (χ3n) is 6.81. The predicted octanol–water partition coefficient (Wildman–Crippen LogP) is 4.51. The predicted molar refractivity (Wildman–Crippen MR) is 140 cm³/mol. The first-order valence-corrected chi connectivity index (χ1v) is 12.7. The van der Waals surface area contributed by atoms with Crippen molar-refractivity contribution in [3.63, 3.8) is 0 Å². The largest absolute Gasteiger partial charge is 0.372 e. The minimum Gasteiger partial charge on any atom is -0.372 e. The van der Waals surface area contributed by atoms with Crippen molar-refractivity contribution < 1.29 is 23.5 Å². The Morgan fingerprint density at radius 1 is 0.973 bits per heavy atom. The Kier molecular flexibility index (Phi) is 7.08. The van der Waals surface area contributed by atoms with Gasteiger partial charge < -0.3 is 19.9 Å². The summed E-state index contributed by atoms with van der Waals surface area (Å²) >= 11 is 3.32. The molecule has 0 radical (unpaired) electrons. The molecule has 2 atom stereocenters. The van der Waals surface area contributed by atoms with Gasteiger partial charge in [-0.05, 0) is 61.0 Å². The highest BCUT2D eigenvalue weighted by atomic mass is 79.9. The summed E-state index contributed by atoms with van der Waals surface area (Å²) in [6.07, 6.45) is -0.316. The maximum Gasteiger partial charge on any atom is 0.255 e. The summed E-state index contributed by atoms with van der Waals surface area (Å²) in [6.45, 7) is 3.15. The lowest BCUT2D eigenvalue weighted by Gasteiger charge is -2.37. The van der Waals surface area contributed by atoms with Gasteiger partial charge in [-0.3, -0.25) is 14.4 Å². The molecule has 2 aliphatic heterocycles. The highest BCUT2D eigenvalue weighted by Crippen LogP contribution is 2.29. The van der Waals surface area contributed by atoms with Crippen molar-refractivity contribution in [1.29, 1.82) is 0 Å². The maximum atomic E-state index is 14.0. The first kappa shape index (κ1) is 25.1. The van der Waals surface area contributed by atoms with E-state index in [0.717, 1.165) is 0 Å². The lowest BCUT2D eigenvalue weighted by Crippen LogP contribution is -2.53. The number of carbonyl (C=O) groups excluding carboxylic acids is 3. The SMILES string of the molecule is Cc1c(Br)cc(F)cc1C(=O)N1CCO[C@@H]2CN(C(=O)c3ccc(NC(=O)c4ccccc4)cc3)C[C@@H]21. The van der Waals surface area contributed by atoms with Crippen LogP contribution in [0.3, 0.4) is 0 Å². The molecule has 0 bridgehead atoms. The minimum absolute atomic E-state index is 0.184. The molecule has 0 aliphatic carbocycles. The van der Waals surface area contributed by atoms with Crippen LogP contribution in [-0.4, -0.2) is 65.9 Å². The second-order valence-corrected chi connectivity index (χ2v) is 10.00. The maximum absolute atomic E-state index is 14.0. The van der Waals surface area contributed by atoms with Crippen LogP contribution >= 0.6 is 15.9 Å². The van der Waals surface area contributed by atoms with Crippen LogP contribution in [0.5, 0.6) is 0 Å². The first-order valence-electron chi connectivity index (χ1n) is 12.0. The van der Waals surface area contributed by atoms with E-state index in [-0.39, 0.29) is 29.9 Å². The van der Waals surface area contributed by atoms with Crippen LogP contribution in [0.15, 0.2) is 71.2 Å². The zero-order valence-electron chi connectivity index (χ0n) is 20.1. The van der Waals surface area contributed by atoms with Gasteiger partial charge in [0.15, 0.2) is 0 Å². The number of morpholine rings is 1. The summed E-state index contributed by atoms with van der Waals surface area (Å²) in [5.74, 6) is -1.18. The van der Waals surface area contributed by atoms with E-state index >= 15 is 0 Å². The van der Waals surface area contributed by atoms with Gasteiger partial charge in [0, 0.05) is 46.5 Å². The molecule has 3 amide bonds. The zero-order chi connectivity index (χ0) is 26.1. The molecule has 3 aromatic rings. The Balaban J connectivity index is 1.27. The Labute approximate surface area is 222 Å². The molecule has 9 heteroatoms. The monoisotopic (exact) mass is 565 g/mol. The van der Waals surface area contributed by atoms with Gasteiger partial charge in [0.1, 0.15) is 5.82 Å². The van der Waals surface area contributed by atoms with Gasteiger partial charge in [-0.2, -0.15) is 0 Å². The van der Waals surface area contributed by atoms with Gasteiger partial charge in [0.2, 0.25) is 0 Å². The van der Waals surface area contributed by atoms with E-state index < -0.39 is 5.82 Å². The molecule has 2 saturated heterocycles. The van der Waals surface area contributed by atoms with E-state index in [1.54, 1.807) is 65.3 Å². The lowest BCUT2D eigenvalue weighted by atomic mass is 10.0. The number of hydrogen-bond donors (Lipinski definition) is 1. The second-order valence-electron chi connectivity index (χ2n) is 9.14. The van der Waals surface area contributed by atoms with Crippen molar-refractivity contribution in [3.05, 3.63) is 99.3 Å².